The van der Waals surface area contributed by atoms with E-state index in [1.165, 1.54) is 0 Å². The first kappa shape index (κ1) is 14.4. The molecule has 0 saturated heterocycles. The third-order valence-corrected chi connectivity index (χ3v) is 3.56. The minimum atomic E-state index is 0.0432. The van der Waals surface area contributed by atoms with Crippen LogP contribution < -0.4 is 15.4 Å². The van der Waals surface area contributed by atoms with E-state index in [0.29, 0.717) is 5.56 Å². The molecule has 0 aromatic heterocycles. The van der Waals surface area contributed by atoms with Crippen LogP contribution in [0.25, 0.3) is 0 Å². The summed E-state index contributed by atoms with van der Waals surface area (Å²) in [6.07, 6.45) is 0. The maximum absolute atomic E-state index is 7.70. The number of hydrogen-bond acceptors (Lipinski definition) is 3. The number of hydrogen-bond donors (Lipinski definition) is 2. The van der Waals surface area contributed by atoms with Gasteiger partial charge in [0.25, 0.3) is 0 Å². The molecule has 5 heteroatoms. The Labute approximate surface area is 126 Å². The van der Waals surface area contributed by atoms with Crippen LogP contribution in [0.1, 0.15) is 5.56 Å². The van der Waals surface area contributed by atoms with Gasteiger partial charge >= 0.3 is 0 Å². The number of rotatable bonds is 4. The van der Waals surface area contributed by atoms with Crippen LogP contribution in [0.4, 0.5) is 11.4 Å². The summed E-state index contributed by atoms with van der Waals surface area (Å²) in [6.45, 7) is 0. The van der Waals surface area contributed by atoms with Gasteiger partial charge in [-0.25, -0.2) is 0 Å². The van der Waals surface area contributed by atoms with Crippen LogP contribution in [0.2, 0.25) is 0 Å². The van der Waals surface area contributed by atoms with E-state index in [4.69, 9.17) is 15.9 Å². The van der Waals surface area contributed by atoms with Crippen molar-refractivity contribution in [1.82, 2.24) is 0 Å². The fourth-order valence-corrected chi connectivity index (χ4v) is 2.32. The van der Waals surface area contributed by atoms with Crippen molar-refractivity contribution >= 4 is 33.1 Å². The Hall–Kier alpha value is -2.01. The molecule has 2 rings (SSSR count). The Balaban J connectivity index is 2.41. The summed E-state index contributed by atoms with van der Waals surface area (Å²) in [5, 5.41) is 7.70. The lowest BCUT2D eigenvalue weighted by molar-refractivity contribution is 0.415. The van der Waals surface area contributed by atoms with Gasteiger partial charge in [-0.2, -0.15) is 0 Å². The predicted molar refractivity (Wildman–Crippen MR) is 86.2 cm³/mol. The van der Waals surface area contributed by atoms with Gasteiger partial charge in [-0.15, -0.1) is 0 Å². The molecule has 0 fully saturated rings. The number of halogens is 1. The van der Waals surface area contributed by atoms with E-state index in [1.807, 2.05) is 54.4 Å². The Morgan fingerprint density at radius 2 is 1.85 bits per heavy atom. The van der Waals surface area contributed by atoms with Crippen molar-refractivity contribution in [3.63, 3.8) is 0 Å². The molecule has 20 heavy (non-hydrogen) atoms. The molecule has 3 N–H and O–H groups in total. The Morgan fingerprint density at radius 3 is 2.40 bits per heavy atom. The molecule has 0 amide bonds. The van der Waals surface area contributed by atoms with Gasteiger partial charge in [0.15, 0.2) is 0 Å². The van der Waals surface area contributed by atoms with Crippen LogP contribution in [0, 0.1) is 5.41 Å². The Morgan fingerprint density at radius 1 is 1.20 bits per heavy atom. The highest BCUT2D eigenvalue weighted by Crippen LogP contribution is 2.30. The van der Waals surface area contributed by atoms with E-state index in [1.54, 1.807) is 7.11 Å². The molecular formula is C15H16BrN3O. The van der Waals surface area contributed by atoms with E-state index in [0.717, 1.165) is 21.6 Å². The van der Waals surface area contributed by atoms with Crippen molar-refractivity contribution in [1.29, 1.82) is 5.41 Å². The summed E-state index contributed by atoms with van der Waals surface area (Å²) in [7, 11) is 3.58. The number of nitrogens with zero attached hydrogens (tertiary/aromatic N) is 1. The molecule has 0 aliphatic carbocycles. The number of nitrogens with two attached hydrogens (primary N) is 1. The summed E-state index contributed by atoms with van der Waals surface area (Å²) < 4.78 is 6.05. The van der Waals surface area contributed by atoms with Crippen molar-refractivity contribution < 1.29 is 4.74 Å². The zero-order valence-electron chi connectivity index (χ0n) is 11.4. The van der Waals surface area contributed by atoms with Gasteiger partial charge in [0, 0.05) is 22.8 Å². The lowest BCUT2D eigenvalue weighted by Gasteiger charge is -2.22. The van der Waals surface area contributed by atoms with Crippen LogP contribution in [0.5, 0.6) is 5.75 Å². The standard InChI is InChI=1S/C15H16BrN3O/c1-19(11-4-6-12(20-2)7-5-11)14-8-3-10(16)9-13(14)15(17)18/h3-9H,1-2H3,(H3,17,18). The van der Waals surface area contributed by atoms with Crippen molar-refractivity contribution in [2.24, 2.45) is 5.73 Å². The predicted octanol–water partition coefficient (Wildman–Crippen LogP) is 3.51. The van der Waals surface area contributed by atoms with Gasteiger partial charge in [-0.05, 0) is 42.5 Å². The van der Waals surface area contributed by atoms with E-state index in [9.17, 15) is 0 Å². The molecule has 0 saturated carbocycles. The first-order valence-electron chi connectivity index (χ1n) is 6.04. The SMILES string of the molecule is COc1ccc(N(C)c2ccc(Br)cc2C(=N)N)cc1. The first-order chi connectivity index (χ1) is 9.52. The molecule has 0 atom stereocenters. The summed E-state index contributed by atoms with van der Waals surface area (Å²) in [6, 6.07) is 13.4. The third kappa shape index (κ3) is 2.93. The molecule has 0 spiro atoms. The van der Waals surface area contributed by atoms with Gasteiger partial charge in [0.2, 0.25) is 0 Å². The average molecular weight is 334 g/mol. The van der Waals surface area contributed by atoms with Crippen molar-refractivity contribution in [2.75, 3.05) is 19.1 Å². The van der Waals surface area contributed by atoms with E-state index in [2.05, 4.69) is 15.9 Å². The largest absolute Gasteiger partial charge is 0.497 e. The quantitative estimate of drug-likeness (QED) is 0.664. The Bertz CT molecular complexity index is 626. The fourth-order valence-electron chi connectivity index (χ4n) is 1.96. The van der Waals surface area contributed by atoms with Crippen LogP contribution in [0.15, 0.2) is 46.9 Å². The summed E-state index contributed by atoms with van der Waals surface area (Å²) >= 11 is 3.40. The molecule has 104 valence electrons. The molecule has 2 aromatic rings. The number of nitrogens with one attached hydrogen (secondary N) is 1. The molecule has 0 bridgehead atoms. The Kier molecular flexibility index (Phi) is 4.29. The second-order valence-corrected chi connectivity index (χ2v) is 5.25. The first-order valence-corrected chi connectivity index (χ1v) is 6.84. The fraction of sp³-hybridized carbons (Fsp3) is 0.133. The highest BCUT2D eigenvalue weighted by atomic mass is 79.9. The maximum atomic E-state index is 7.70. The van der Waals surface area contributed by atoms with E-state index in [-0.39, 0.29) is 5.84 Å². The smallest absolute Gasteiger partial charge is 0.124 e. The molecular weight excluding hydrogens is 318 g/mol. The van der Waals surface area contributed by atoms with Crippen molar-refractivity contribution in [3.8, 4) is 5.75 Å². The molecule has 0 aliphatic heterocycles. The zero-order chi connectivity index (χ0) is 14.7. The van der Waals surface area contributed by atoms with E-state index < -0.39 is 0 Å². The number of benzene rings is 2. The topological polar surface area (TPSA) is 62.3 Å². The summed E-state index contributed by atoms with van der Waals surface area (Å²) in [5.41, 5.74) is 8.23. The number of amidine groups is 1. The van der Waals surface area contributed by atoms with Gasteiger partial charge in [0.05, 0.1) is 12.8 Å². The minimum absolute atomic E-state index is 0.0432. The van der Waals surface area contributed by atoms with Crippen LogP contribution >= 0.6 is 15.9 Å². The van der Waals surface area contributed by atoms with Crippen LogP contribution in [-0.2, 0) is 0 Å². The molecule has 0 unspecified atom stereocenters. The number of ether oxygens (including phenoxy) is 1. The van der Waals surface area contributed by atoms with Gasteiger partial charge in [-0.3, -0.25) is 5.41 Å². The van der Waals surface area contributed by atoms with Crippen molar-refractivity contribution in [3.05, 3.63) is 52.5 Å². The van der Waals surface area contributed by atoms with E-state index >= 15 is 0 Å². The lowest BCUT2D eigenvalue weighted by atomic mass is 10.1. The van der Waals surface area contributed by atoms with Gasteiger partial charge in [0.1, 0.15) is 11.6 Å². The molecule has 0 radical (unpaired) electrons. The number of nitrogen functional groups attached to an aromatic ring is 1. The molecule has 2 aromatic carbocycles. The zero-order valence-corrected chi connectivity index (χ0v) is 12.9. The summed E-state index contributed by atoms with van der Waals surface area (Å²) in [5.74, 6) is 0.853. The second kappa shape index (κ2) is 5.96. The average Bonchev–Trinajstić information content (AvgIpc) is 2.46. The molecule has 0 aliphatic rings. The second-order valence-electron chi connectivity index (χ2n) is 4.33. The highest BCUT2D eigenvalue weighted by molar-refractivity contribution is 9.10. The van der Waals surface area contributed by atoms with Crippen molar-refractivity contribution in [2.45, 2.75) is 0 Å². The number of methoxy groups -OCH3 is 1. The maximum Gasteiger partial charge on any atom is 0.124 e. The monoisotopic (exact) mass is 333 g/mol. The molecule has 0 heterocycles. The lowest BCUT2D eigenvalue weighted by Crippen LogP contribution is -2.18. The van der Waals surface area contributed by atoms with Crippen LogP contribution in [-0.4, -0.2) is 20.0 Å². The number of anilines is 2. The highest BCUT2D eigenvalue weighted by Gasteiger charge is 2.12. The van der Waals surface area contributed by atoms with Crippen LogP contribution in [0.3, 0.4) is 0 Å². The molecule has 4 nitrogen and oxygen atoms in total. The van der Waals surface area contributed by atoms with Gasteiger partial charge in [-0.1, -0.05) is 15.9 Å². The third-order valence-electron chi connectivity index (χ3n) is 3.07. The minimum Gasteiger partial charge on any atom is -0.497 e. The normalized spacial score (nSPS) is 10.2. The van der Waals surface area contributed by atoms with Gasteiger partial charge < -0.3 is 15.4 Å². The summed E-state index contributed by atoms with van der Waals surface area (Å²) in [4.78, 5) is 1.99.